The predicted molar refractivity (Wildman–Crippen MR) is 420 cm³/mol. The largest absolute Gasteiger partial charge is 0.476 e. The highest BCUT2D eigenvalue weighted by atomic mass is 32.2. The molecule has 0 radical (unpaired) electrons. The average Bonchev–Trinajstić information content (AvgIpc) is 0.793. The predicted octanol–water partition coefficient (Wildman–Crippen LogP) is 9.24. The van der Waals surface area contributed by atoms with E-state index >= 15 is 0 Å². The van der Waals surface area contributed by atoms with E-state index in [1.54, 1.807) is 67.4 Å². The van der Waals surface area contributed by atoms with Crippen molar-refractivity contribution in [3.8, 4) is 11.1 Å². The van der Waals surface area contributed by atoms with Gasteiger partial charge in [0.2, 0.25) is 5.91 Å². The summed E-state index contributed by atoms with van der Waals surface area (Å²) in [7, 11) is -9.10. The van der Waals surface area contributed by atoms with Gasteiger partial charge >= 0.3 is 18.1 Å². The van der Waals surface area contributed by atoms with E-state index in [2.05, 4.69) is 41.7 Å². The van der Waals surface area contributed by atoms with Crippen molar-refractivity contribution in [3.63, 3.8) is 0 Å². The van der Waals surface area contributed by atoms with Crippen LogP contribution >= 0.6 is 11.3 Å². The summed E-state index contributed by atoms with van der Waals surface area (Å²) in [6.45, 7) is 12.8. The number of thiazole rings is 1. The smallest absolute Gasteiger partial charge is 0.410 e. The minimum Gasteiger partial charge on any atom is -0.476 e. The number of para-hydroxylation sites is 1. The van der Waals surface area contributed by atoms with Crippen molar-refractivity contribution in [2.75, 3.05) is 80.7 Å². The molecule has 30 nitrogen and oxygen atoms in total. The van der Waals surface area contributed by atoms with Crippen molar-refractivity contribution in [2.24, 2.45) is 34.3 Å². The molecule has 2 fully saturated rings. The number of Topliss-reactive ketones (excluding diaryl/α,β-unsaturated/α-hetero) is 2. The number of unbranched alkanes of at least 4 members (excludes halogenated alkanes) is 2. The van der Waals surface area contributed by atoms with E-state index in [9.17, 15) is 74.2 Å². The molecular weight excluding hydrogens is 1500 g/mol. The van der Waals surface area contributed by atoms with Gasteiger partial charge in [-0.3, -0.25) is 57.7 Å². The number of hydrogen-bond acceptors (Lipinski definition) is 21. The number of aromatic carboxylic acids is 1. The van der Waals surface area contributed by atoms with Crippen LogP contribution in [0.25, 0.3) is 21.3 Å². The van der Waals surface area contributed by atoms with Crippen molar-refractivity contribution in [2.45, 2.75) is 163 Å². The first-order valence-corrected chi connectivity index (χ1v) is 42.0. The van der Waals surface area contributed by atoms with Crippen LogP contribution < -0.4 is 26.6 Å². The minimum absolute atomic E-state index is 0.0431. The maximum absolute atomic E-state index is 14.0. The van der Waals surface area contributed by atoms with Crippen LogP contribution in [-0.4, -0.2) is 201 Å². The zero-order chi connectivity index (χ0) is 80.9. The number of rotatable bonds is 40. The van der Waals surface area contributed by atoms with Gasteiger partial charge in [-0.25, -0.2) is 24.4 Å². The Morgan fingerprint density at radius 2 is 1.53 bits per heavy atom. The third-order valence-electron chi connectivity index (χ3n) is 21.6. The lowest BCUT2D eigenvalue weighted by Gasteiger charge is -2.59. The molecule has 4 aliphatic rings. The fraction of sp³-hybridized carbons (Fsp3) is 0.519. The lowest BCUT2D eigenvalue weighted by Crippen LogP contribution is -2.55. The summed E-state index contributed by atoms with van der Waals surface area (Å²) < 4.78 is 84.2. The molecule has 6 atom stereocenters. The quantitative estimate of drug-likeness (QED) is 0.0107. The van der Waals surface area contributed by atoms with E-state index in [1.165, 1.54) is 23.5 Å². The van der Waals surface area contributed by atoms with Crippen molar-refractivity contribution >= 4 is 106 Å². The van der Waals surface area contributed by atoms with Gasteiger partial charge in [-0.15, -0.1) is 0 Å². The number of nitrogens with zero attached hydrogens (tertiary/aromatic N) is 8. The first kappa shape index (κ1) is 85.1. The molecule has 3 aromatic heterocycles. The molecule has 10 rings (SSSR count). The molecule has 3 aromatic carbocycles. The molecule has 2 aliphatic heterocycles. The maximum atomic E-state index is 14.0. The number of fused-ring (bicyclic) bond motifs is 4. The fourth-order valence-corrected chi connectivity index (χ4v) is 18.6. The highest BCUT2D eigenvalue weighted by Gasteiger charge is 2.56. The Hall–Kier alpha value is -9.38. The Labute approximate surface area is 656 Å². The van der Waals surface area contributed by atoms with E-state index in [4.69, 9.17) is 25.3 Å². The first-order chi connectivity index (χ1) is 53.0. The summed E-state index contributed by atoms with van der Waals surface area (Å²) >= 11 is 1.39. The standard InChI is InChI=1S/C79H102N12O18S3/c1-51(2)60(41-57(92)15-8-7-11-30-90-68(94)26-27-69(90)95)72(97)83-63(18-13-29-81-74(80)100)65(93)40-54-20-22-55(23-21-54)46-108-76(101)88(36-39-112(105,106)107)33-32-87(35-38-111(102,103)104)34-37-109-79-43-52(3)42-77(5,48-79)47-78(6,49-79)50-91-53(4)61(44-82-91)58-24-25-67(85-70(58)73(98)99)89-31-28-56-14-12-16-59(62(56)45-89)71(96)86-75-84-64-17-9-10-19-66(64)110-75/h9-10,12,14,16-17,19-27,44,51-52,60,63H,7-8,11,13,15,18,28-43,45-50H2,1-6H3,(H,83,97)(H,98,99)(H3,80,81,100)(H,84,86,96)(H,102,103,104)(H,105,106,107)/t52?,60-,63-,77?,78?,79?/m0/s1. The fourth-order valence-electron chi connectivity index (χ4n) is 16.8. The Morgan fingerprint density at radius 3 is 2.23 bits per heavy atom. The molecule has 112 heavy (non-hydrogen) atoms. The number of urea groups is 1. The number of carbonyl (C=O) groups is 9. The summed E-state index contributed by atoms with van der Waals surface area (Å²) in [4.78, 5) is 132. The second kappa shape index (κ2) is 37.1. The monoisotopic (exact) mass is 1600 g/mol. The molecule has 33 heteroatoms. The minimum atomic E-state index is -4.61. The molecule has 0 saturated heterocycles. The average molecular weight is 1600 g/mol. The molecule has 604 valence electrons. The number of anilines is 2. The Kier molecular flexibility index (Phi) is 28.1. The topological polar surface area (TPSA) is 420 Å². The second-order valence-corrected chi connectivity index (χ2v) is 35.6. The number of imide groups is 1. The highest BCUT2D eigenvalue weighted by Crippen LogP contribution is 2.60. The van der Waals surface area contributed by atoms with Crippen LogP contribution in [0.1, 0.15) is 160 Å². The van der Waals surface area contributed by atoms with Crippen LogP contribution in [0.3, 0.4) is 0 Å². The molecular formula is C79H102N12O18S3. The number of ketones is 2. The van der Waals surface area contributed by atoms with Gasteiger partial charge in [0.25, 0.3) is 38.0 Å². The lowest BCUT2D eigenvalue weighted by molar-refractivity contribution is -0.179. The number of pyridine rings is 1. The number of benzene rings is 3. The first-order valence-electron chi connectivity index (χ1n) is 38.0. The Balaban J connectivity index is 0.748. The number of amides is 7. The van der Waals surface area contributed by atoms with Crippen LogP contribution in [0, 0.1) is 35.5 Å². The van der Waals surface area contributed by atoms with Gasteiger partial charge in [0, 0.05) is 125 Å². The number of hydrogen-bond donors (Lipinski definition) is 7. The van der Waals surface area contributed by atoms with E-state index < -0.39 is 85.3 Å². The number of carbonyl (C=O) groups excluding carboxylic acids is 8. The number of aromatic nitrogens is 4. The molecule has 2 aliphatic carbocycles. The van der Waals surface area contributed by atoms with Gasteiger partial charge in [0.05, 0.1) is 46.2 Å². The van der Waals surface area contributed by atoms with Crippen molar-refractivity contribution < 1.29 is 83.7 Å². The van der Waals surface area contributed by atoms with Crippen LogP contribution in [0.5, 0.6) is 0 Å². The van der Waals surface area contributed by atoms with Crippen LogP contribution in [-0.2, 0) is 86.2 Å². The maximum Gasteiger partial charge on any atom is 0.410 e. The zero-order valence-corrected chi connectivity index (χ0v) is 66.6. The highest BCUT2D eigenvalue weighted by molar-refractivity contribution is 7.86. The molecule has 0 spiro atoms. The van der Waals surface area contributed by atoms with Gasteiger partial charge in [0.1, 0.15) is 18.2 Å². The van der Waals surface area contributed by atoms with Gasteiger partial charge < -0.3 is 40.7 Å². The Bertz CT molecular complexity index is 4690. The number of carboxylic acid groups (broad SMARTS) is 1. The van der Waals surface area contributed by atoms with Crippen LogP contribution in [0.15, 0.2) is 97.2 Å². The normalized spacial score (nSPS) is 19.5. The summed E-state index contributed by atoms with van der Waals surface area (Å²) in [5.41, 5.74) is 9.77. The third-order valence-corrected chi connectivity index (χ3v) is 23.9. The van der Waals surface area contributed by atoms with E-state index in [1.807, 2.05) is 52.9 Å². The van der Waals surface area contributed by atoms with Crippen molar-refractivity contribution in [1.29, 1.82) is 0 Å². The van der Waals surface area contributed by atoms with Gasteiger partial charge in [-0.1, -0.05) is 101 Å². The van der Waals surface area contributed by atoms with Gasteiger partial charge in [0.15, 0.2) is 16.6 Å². The number of carboxylic acids is 1. The number of primary amides is 1. The van der Waals surface area contributed by atoms with Crippen LogP contribution in [0.2, 0.25) is 0 Å². The van der Waals surface area contributed by atoms with Crippen molar-refractivity contribution in [1.82, 2.24) is 45.1 Å². The zero-order valence-electron chi connectivity index (χ0n) is 64.2. The summed E-state index contributed by atoms with van der Waals surface area (Å²) in [5, 5.41) is 24.4. The van der Waals surface area contributed by atoms with E-state index in [-0.39, 0.29) is 137 Å². The van der Waals surface area contributed by atoms with Crippen molar-refractivity contribution in [3.05, 3.63) is 136 Å². The second-order valence-electron chi connectivity index (χ2n) is 31.4. The van der Waals surface area contributed by atoms with Gasteiger partial charge in [-0.05, 0) is 146 Å². The number of nitrogens with two attached hydrogens (primary N) is 1. The molecule has 6 aromatic rings. The molecule has 2 saturated carbocycles. The van der Waals surface area contributed by atoms with Crippen LogP contribution in [0.4, 0.5) is 20.5 Å². The summed E-state index contributed by atoms with van der Waals surface area (Å²) in [6, 6.07) is 21.6. The number of ether oxygens (including phenoxy) is 2. The number of nitrogens with one attached hydrogen (secondary N) is 3. The van der Waals surface area contributed by atoms with E-state index in [0.717, 1.165) is 56.1 Å². The SMILES string of the molecule is Cc1c(-c2ccc(N3CCc4cccc(C(=O)Nc5nc6ccccc6s5)c4C3)nc2C(=O)O)cnn1CC1(C)CC2(C)CC(C)CC(OCCN(CCN(CCS(=O)(=O)O)C(=O)OCc3ccc(CC(=O)[C@H](CCCNC(N)=O)NC(=O)[C@@H](CC(=O)CCCCCN4C(=O)C=CC4=O)C(C)C)cc3)CCS(=O)(=O)O)(C2)C1. The molecule has 7 amide bonds. The lowest BCUT2D eigenvalue weighted by atomic mass is 9.51. The third kappa shape index (κ3) is 23.4. The Morgan fingerprint density at radius 1 is 0.804 bits per heavy atom. The molecule has 8 N–H and O–H groups in total. The molecule has 2 bridgehead atoms. The summed E-state index contributed by atoms with van der Waals surface area (Å²) in [6.07, 6.45) is 9.50. The molecule has 4 unspecified atom stereocenters. The van der Waals surface area contributed by atoms with Gasteiger partial charge in [-0.2, -0.15) is 21.9 Å². The van der Waals surface area contributed by atoms with E-state index in [0.29, 0.717) is 96.9 Å². The molecule has 5 heterocycles. The summed E-state index contributed by atoms with van der Waals surface area (Å²) in [5.74, 6) is -5.12.